The van der Waals surface area contributed by atoms with Gasteiger partial charge in [0.2, 0.25) is 5.91 Å². The smallest absolute Gasteiger partial charge is 0.251 e. The SMILES string of the molecule is CN1CCN(CC(NC(=O)CC(NC(=O)c2ccccc2)c2ccccc2)c2ccccc2)CC1. The van der Waals surface area contributed by atoms with Gasteiger partial charge in [0, 0.05) is 38.3 Å². The fourth-order valence-corrected chi connectivity index (χ4v) is 4.42. The quantitative estimate of drug-likeness (QED) is 0.501. The van der Waals surface area contributed by atoms with Crippen molar-refractivity contribution < 1.29 is 9.59 Å². The molecule has 4 rings (SSSR count). The largest absolute Gasteiger partial charge is 0.348 e. The van der Waals surface area contributed by atoms with Gasteiger partial charge in [-0.3, -0.25) is 14.5 Å². The molecule has 0 bridgehead atoms. The van der Waals surface area contributed by atoms with Gasteiger partial charge in [-0.1, -0.05) is 78.9 Å². The highest BCUT2D eigenvalue weighted by atomic mass is 16.2. The number of carbonyl (C=O) groups excluding carboxylic acids is 2. The number of rotatable bonds is 9. The van der Waals surface area contributed by atoms with Gasteiger partial charge in [-0.2, -0.15) is 0 Å². The van der Waals surface area contributed by atoms with E-state index in [-0.39, 0.29) is 24.3 Å². The van der Waals surface area contributed by atoms with Crippen LogP contribution in [0.4, 0.5) is 0 Å². The minimum absolute atomic E-state index is 0.0878. The van der Waals surface area contributed by atoms with Crippen LogP contribution in [0, 0.1) is 0 Å². The fourth-order valence-electron chi connectivity index (χ4n) is 4.42. The molecular weight excluding hydrogens is 436 g/mol. The first-order chi connectivity index (χ1) is 17.1. The lowest BCUT2D eigenvalue weighted by molar-refractivity contribution is -0.122. The molecule has 0 spiro atoms. The molecule has 0 saturated carbocycles. The van der Waals surface area contributed by atoms with Crippen molar-refractivity contribution in [3.63, 3.8) is 0 Å². The number of nitrogens with zero attached hydrogens (tertiary/aromatic N) is 2. The zero-order chi connectivity index (χ0) is 24.5. The summed E-state index contributed by atoms with van der Waals surface area (Å²) >= 11 is 0. The molecule has 1 aliphatic heterocycles. The summed E-state index contributed by atoms with van der Waals surface area (Å²) in [4.78, 5) is 31.0. The molecular formula is C29H34N4O2. The molecule has 0 aliphatic carbocycles. The molecule has 2 amide bonds. The van der Waals surface area contributed by atoms with E-state index in [9.17, 15) is 9.59 Å². The molecule has 1 heterocycles. The van der Waals surface area contributed by atoms with Crippen molar-refractivity contribution in [2.75, 3.05) is 39.8 Å². The summed E-state index contributed by atoms with van der Waals surface area (Å²) in [6.07, 6.45) is 0.161. The summed E-state index contributed by atoms with van der Waals surface area (Å²) in [5, 5.41) is 6.32. The van der Waals surface area contributed by atoms with Crippen molar-refractivity contribution in [1.29, 1.82) is 0 Å². The number of hydrogen-bond acceptors (Lipinski definition) is 4. The topological polar surface area (TPSA) is 64.7 Å². The molecule has 6 nitrogen and oxygen atoms in total. The third-order valence-electron chi connectivity index (χ3n) is 6.51. The first-order valence-corrected chi connectivity index (χ1v) is 12.2. The van der Waals surface area contributed by atoms with E-state index in [2.05, 4.69) is 39.6 Å². The minimum atomic E-state index is -0.427. The predicted octanol–water partition coefficient (Wildman–Crippen LogP) is 3.65. The number of piperazine rings is 1. The van der Waals surface area contributed by atoms with Gasteiger partial charge < -0.3 is 15.5 Å². The van der Waals surface area contributed by atoms with E-state index in [0.29, 0.717) is 5.56 Å². The summed E-state index contributed by atoms with van der Waals surface area (Å²) in [6.45, 7) is 4.77. The van der Waals surface area contributed by atoms with Gasteiger partial charge >= 0.3 is 0 Å². The van der Waals surface area contributed by atoms with Crippen LogP contribution in [-0.2, 0) is 4.79 Å². The molecule has 1 aliphatic rings. The van der Waals surface area contributed by atoms with Gasteiger partial charge in [0.05, 0.1) is 18.5 Å². The Bertz CT molecular complexity index is 1070. The van der Waals surface area contributed by atoms with E-state index in [1.807, 2.05) is 66.7 Å². The number of likely N-dealkylation sites (N-methyl/N-ethyl adjacent to an activating group) is 1. The van der Waals surface area contributed by atoms with E-state index in [0.717, 1.165) is 43.9 Å². The van der Waals surface area contributed by atoms with E-state index in [1.54, 1.807) is 12.1 Å². The van der Waals surface area contributed by atoms with Crippen LogP contribution in [-0.4, -0.2) is 61.4 Å². The lowest BCUT2D eigenvalue weighted by atomic mass is 10.0. The second kappa shape index (κ2) is 12.3. The zero-order valence-corrected chi connectivity index (χ0v) is 20.3. The van der Waals surface area contributed by atoms with Crippen LogP contribution in [0.1, 0.15) is 40.0 Å². The Morgan fingerprint density at radius 3 is 1.80 bits per heavy atom. The van der Waals surface area contributed by atoms with E-state index >= 15 is 0 Å². The Hall–Kier alpha value is -3.48. The summed E-state index contributed by atoms with van der Waals surface area (Å²) in [6, 6.07) is 28.4. The van der Waals surface area contributed by atoms with E-state index < -0.39 is 6.04 Å². The van der Waals surface area contributed by atoms with Crippen molar-refractivity contribution in [1.82, 2.24) is 20.4 Å². The third-order valence-corrected chi connectivity index (χ3v) is 6.51. The van der Waals surface area contributed by atoms with Crippen molar-refractivity contribution in [2.45, 2.75) is 18.5 Å². The van der Waals surface area contributed by atoms with Crippen LogP contribution < -0.4 is 10.6 Å². The van der Waals surface area contributed by atoms with Gasteiger partial charge in [0.25, 0.3) is 5.91 Å². The highest BCUT2D eigenvalue weighted by Gasteiger charge is 2.24. The zero-order valence-electron chi connectivity index (χ0n) is 20.3. The molecule has 1 fully saturated rings. The fraction of sp³-hybridized carbons (Fsp3) is 0.310. The predicted molar refractivity (Wildman–Crippen MR) is 139 cm³/mol. The van der Waals surface area contributed by atoms with E-state index in [1.165, 1.54) is 0 Å². The number of carbonyl (C=O) groups is 2. The van der Waals surface area contributed by atoms with Crippen molar-refractivity contribution >= 4 is 11.8 Å². The molecule has 2 atom stereocenters. The minimum Gasteiger partial charge on any atom is -0.348 e. The maximum atomic E-state index is 13.3. The summed E-state index contributed by atoms with van der Waals surface area (Å²) in [5.74, 6) is -0.278. The van der Waals surface area contributed by atoms with Gasteiger partial charge in [-0.15, -0.1) is 0 Å². The standard InChI is InChI=1S/C29H34N4O2/c1-32-17-19-33(20-18-32)22-27(24-13-7-3-8-14-24)30-28(34)21-26(23-11-5-2-6-12-23)31-29(35)25-15-9-4-10-16-25/h2-16,26-27H,17-22H2,1H3,(H,30,34)(H,31,35). The third kappa shape index (κ3) is 7.25. The summed E-state index contributed by atoms with van der Waals surface area (Å²) in [5.41, 5.74) is 2.57. The Morgan fingerprint density at radius 2 is 1.23 bits per heavy atom. The van der Waals surface area contributed by atoms with Gasteiger partial charge in [0.1, 0.15) is 0 Å². The molecule has 6 heteroatoms. The lowest BCUT2D eigenvalue weighted by Crippen LogP contribution is -2.48. The molecule has 1 saturated heterocycles. The van der Waals surface area contributed by atoms with Crippen LogP contribution in [0.25, 0.3) is 0 Å². The molecule has 3 aromatic rings. The second-order valence-corrected chi connectivity index (χ2v) is 9.14. The Kier molecular flexibility index (Phi) is 8.65. The molecule has 3 aromatic carbocycles. The summed E-state index contributed by atoms with van der Waals surface area (Å²) in [7, 11) is 2.14. The maximum absolute atomic E-state index is 13.3. The molecule has 0 aromatic heterocycles. The Labute approximate surface area is 207 Å². The average molecular weight is 471 g/mol. The average Bonchev–Trinajstić information content (AvgIpc) is 2.90. The number of hydrogen-bond donors (Lipinski definition) is 2. The van der Waals surface area contributed by atoms with Crippen molar-refractivity contribution in [3.8, 4) is 0 Å². The number of amides is 2. The van der Waals surface area contributed by atoms with Crippen LogP contribution >= 0.6 is 0 Å². The van der Waals surface area contributed by atoms with Crippen LogP contribution in [0.2, 0.25) is 0 Å². The molecule has 182 valence electrons. The van der Waals surface area contributed by atoms with Gasteiger partial charge in [-0.25, -0.2) is 0 Å². The van der Waals surface area contributed by atoms with Gasteiger partial charge in [0.15, 0.2) is 0 Å². The molecule has 0 radical (unpaired) electrons. The monoisotopic (exact) mass is 470 g/mol. The van der Waals surface area contributed by atoms with Crippen LogP contribution in [0.15, 0.2) is 91.0 Å². The lowest BCUT2D eigenvalue weighted by Gasteiger charge is -2.35. The highest BCUT2D eigenvalue weighted by Crippen LogP contribution is 2.20. The normalized spacial score (nSPS) is 16.3. The second-order valence-electron chi connectivity index (χ2n) is 9.14. The Balaban J connectivity index is 1.47. The molecule has 2 unspecified atom stereocenters. The van der Waals surface area contributed by atoms with Crippen LogP contribution in [0.3, 0.4) is 0 Å². The first kappa shape index (κ1) is 24.6. The Morgan fingerprint density at radius 1 is 0.714 bits per heavy atom. The van der Waals surface area contributed by atoms with Crippen molar-refractivity contribution in [2.24, 2.45) is 0 Å². The first-order valence-electron chi connectivity index (χ1n) is 12.2. The number of nitrogens with one attached hydrogen (secondary N) is 2. The van der Waals surface area contributed by atoms with Crippen LogP contribution in [0.5, 0.6) is 0 Å². The molecule has 35 heavy (non-hydrogen) atoms. The van der Waals surface area contributed by atoms with E-state index in [4.69, 9.17) is 0 Å². The number of benzene rings is 3. The highest BCUT2D eigenvalue weighted by molar-refractivity contribution is 5.94. The maximum Gasteiger partial charge on any atom is 0.251 e. The van der Waals surface area contributed by atoms with Gasteiger partial charge in [-0.05, 0) is 30.3 Å². The molecule has 2 N–H and O–H groups in total. The summed E-state index contributed by atoms with van der Waals surface area (Å²) < 4.78 is 0. The van der Waals surface area contributed by atoms with Crippen molar-refractivity contribution in [3.05, 3.63) is 108 Å².